The van der Waals surface area contributed by atoms with Crippen LogP contribution in [0, 0.1) is 17.0 Å². The summed E-state index contributed by atoms with van der Waals surface area (Å²) in [6.45, 7) is 2.36. The average molecular weight is 290 g/mol. The Morgan fingerprint density at radius 3 is 2.76 bits per heavy atom. The summed E-state index contributed by atoms with van der Waals surface area (Å²) in [5.41, 5.74) is 1.66. The molecule has 0 fully saturated rings. The Bertz CT molecular complexity index is 708. The quantitative estimate of drug-likeness (QED) is 0.643. The summed E-state index contributed by atoms with van der Waals surface area (Å²) in [7, 11) is 1.82. The normalized spacial score (nSPS) is 10.4. The molecule has 1 aromatic heterocycles. The molecule has 0 aliphatic rings. The molecule has 2 N–H and O–H groups in total. The van der Waals surface area contributed by atoms with Gasteiger partial charge in [0.25, 0.3) is 5.69 Å². The Labute approximate surface area is 120 Å². The molecule has 0 saturated heterocycles. The van der Waals surface area contributed by atoms with Gasteiger partial charge in [-0.3, -0.25) is 14.8 Å². The predicted molar refractivity (Wildman–Crippen MR) is 75.3 cm³/mol. The first kappa shape index (κ1) is 14.5. The molecule has 1 heterocycles. The van der Waals surface area contributed by atoms with Gasteiger partial charge in [-0.05, 0) is 19.1 Å². The maximum Gasteiger partial charge on any atom is 0.342 e. The summed E-state index contributed by atoms with van der Waals surface area (Å²) in [6.07, 6.45) is 1.71. The number of aromatic carboxylic acids is 1. The standard InChI is InChI=1S/C13H14N4O4/c1-8-9(7-15-16(8)2)6-14-10-3-4-11(13(18)19)12(5-10)17(20)21/h3-5,7,14H,6H2,1-2H3,(H,18,19). The van der Waals surface area contributed by atoms with E-state index in [1.54, 1.807) is 10.9 Å². The Kier molecular flexibility index (Phi) is 3.88. The Balaban J connectivity index is 2.21. The van der Waals surface area contributed by atoms with E-state index in [0.29, 0.717) is 12.2 Å². The second-order valence-corrected chi connectivity index (χ2v) is 4.53. The molecule has 1 aromatic carbocycles. The van der Waals surface area contributed by atoms with E-state index < -0.39 is 16.6 Å². The largest absolute Gasteiger partial charge is 0.477 e. The highest BCUT2D eigenvalue weighted by Crippen LogP contribution is 2.23. The van der Waals surface area contributed by atoms with Crippen LogP contribution in [-0.2, 0) is 13.6 Å². The zero-order valence-electron chi connectivity index (χ0n) is 11.5. The SMILES string of the molecule is Cc1c(CNc2ccc(C(=O)O)c([N+](=O)[O-])c2)cnn1C. The molecule has 0 amide bonds. The van der Waals surface area contributed by atoms with Crippen LogP contribution in [0.25, 0.3) is 0 Å². The second kappa shape index (κ2) is 5.61. The van der Waals surface area contributed by atoms with Gasteiger partial charge in [0, 0.05) is 36.6 Å². The van der Waals surface area contributed by atoms with Crippen molar-refractivity contribution in [3.8, 4) is 0 Å². The summed E-state index contributed by atoms with van der Waals surface area (Å²) in [6, 6.07) is 3.94. The number of hydrogen-bond acceptors (Lipinski definition) is 5. The first-order valence-electron chi connectivity index (χ1n) is 6.13. The van der Waals surface area contributed by atoms with Crippen molar-refractivity contribution >= 4 is 17.3 Å². The Morgan fingerprint density at radius 2 is 2.24 bits per heavy atom. The number of nitrogens with zero attached hydrogens (tertiary/aromatic N) is 3. The summed E-state index contributed by atoms with van der Waals surface area (Å²) in [5, 5.41) is 27.0. The number of benzene rings is 1. The minimum Gasteiger partial charge on any atom is -0.477 e. The van der Waals surface area contributed by atoms with Crippen LogP contribution in [0.4, 0.5) is 11.4 Å². The molecule has 8 nitrogen and oxygen atoms in total. The van der Waals surface area contributed by atoms with Gasteiger partial charge in [0.2, 0.25) is 0 Å². The fourth-order valence-electron chi connectivity index (χ4n) is 1.89. The minimum absolute atomic E-state index is 0.330. The van der Waals surface area contributed by atoms with Gasteiger partial charge in [0.05, 0.1) is 11.1 Å². The number of aromatic nitrogens is 2. The number of carboxylic acid groups (broad SMARTS) is 1. The number of carbonyl (C=O) groups is 1. The van der Waals surface area contributed by atoms with E-state index in [0.717, 1.165) is 11.3 Å². The third-order valence-corrected chi connectivity index (χ3v) is 3.24. The second-order valence-electron chi connectivity index (χ2n) is 4.53. The lowest BCUT2D eigenvalue weighted by atomic mass is 10.1. The maximum absolute atomic E-state index is 10.9. The van der Waals surface area contributed by atoms with Crippen molar-refractivity contribution < 1.29 is 14.8 Å². The van der Waals surface area contributed by atoms with Crippen molar-refractivity contribution in [1.82, 2.24) is 9.78 Å². The topological polar surface area (TPSA) is 110 Å². The highest BCUT2D eigenvalue weighted by molar-refractivity contribution is 5.93. The number of nitro groups is 1. The van der Waals surface area contributed by atoms with Crippen LogP contribution in [0.15, 0.2) is 24.4 Å². The molecular weight excluding hydrogens is 276 g/mol. The number of nitrogens with one attached hydrogen (secondary N) is 1. The molecule has 0 radical (unpaired) electrons. The maximum atomic E-state index is 10.9. The van der Waals surface area contributed by atoms with E-state index in [4.69, 9.17) is 5.11 Å². The van der Waals surface area contributed by atoms with Crippen LogP contribution in [0.3, 0.4) is 0 Å². The summed E-state index contributed by atoms with van der Waals surface area (Å²) in [4.78, 5) is 21.1. The zero-order valence-corrected chi connectivity index (χ0v) is 11.5. The summed E-state index contributed by atoms with van der Waals surface area (Å²) >= 11 is 0. The molecule has 110 valence electrons. The molecule has 21 heavy (non-hydrogen) atoms. The Hall–Kier alpha value is -2.90. The highest BCUT2D eigenvalue weighted by atomic mass is 16.6. The molecular formula is C13H14N4O4. The first-order valence-corrected chi connectivity index (χ1v) is 6.13. The van der Waals surface area contributed by atoms with Crippen LogP contribution in [0.5, 0.6) is 0 Å². The Morgan fingerprint density at radius 1 is 1.52 bits per heavy atom. The third kappa shape index (κ3) is 2.99. The number of aryl methyl sites for hydroxylation is 1. The van der Waals surface area contributed by atoms with Crippen molar-refractivity contribution in [1.29, 1.82) is 0 Å². The van der Waals surface area contributed by atoms with E-state index in [9.17, 15) is 14.9 Å². The average Bonchev–Trinajstić information content (AvgIpc) is 2.76. The molecule has 2 aromatic rings. The lowest BCUT2D eigenvalue weighted by molar-refractivity contribution is -0.385. The zero-order chi connectivity index (χ0) is 15.6. The van der Waals surface area contributed by atoms with Crippen LogP contribution in [-0.4, -0.2) is 25.8 Å². The molecule has 0 aliphatic heterocycles. The van der Waals surface area contributed by atoms with E-state index in [2.05, 4.69) is 10.4 Å². The van der Waals surface area contributed by atoms with Crippen molar-refractivity contribution in [3.05, 3.63) is 51.3 Å². The summed E-state index contributed by atoms with van der Waals surface area (Å²) in [5.74, 6) is -1.32. The molecule has 0 unspecified atom stereocenters. The van der Waals surface area contributed by atoms with Crippen LogP contribution >= 0.6 is 0 Å². The molecule has 0 saturated carbocycles. The minimum atomic E-state index is -1.32. The fraction of sp³-hybridized carbons (Fsp3) is 0.231. The van der Waals surface area contributed by atoms with Crippen molar-refractivity contribution in [2.24, 2.45) is 7.05 Å². The lowest BCUT2D eigenvalue weighted by Crippen LogP contribution is -2.05. The molecule has 0 atom stereocenters. The van der Waals surface area contributed by atoms with Crippen LogP contribution < -0.4 is 5.32 Å². The number of anilines is 1. The van der Waals surface area contributed by atoms with Crippen LogP contribution in [0.2, 0.25) is 0 Å². The smallest absolute Gasteiger partial charge is 0.342 e. The fourth-order valence-corrected chi connectivity index (χ4v) is 1.89. The monoisotopic (exact) mass is 290 g/mol. The van der Waals surface area contributed by atoms with Gasteiger partial charge in [-0.2, -0.15) is 5.10 Å². The van der Waals surface area contributed by atoms with Gasteiger partial charge in [-0.15, -0.1) is 0 Å². The number of nitro benzene ring substituents is 1. The van der Waals surface area contributed by atoms with Gasteiger partial charge in [0.1, 0.15) is 5.56 Å². The molecule has 2 rings (SSSR count). The van der Waals surface area contributed by atoms with Crippen molar-refractivity contribution in [2.75, 3.05) is 5.32 Å². The summed E-state index contributed by atoms with van der Waals surface area (Å²) < 4.78 is 1.73. The van der Waals surface area contributed by atoms with Crippen molar-refractivity contribution in [2.45, 2.75) is 13.5 Å². The van der Waals surface area contributed by atoms with Crippen molar-refractivity contribution in [3.63, 3.8) is 0 Å². The number of carboxylic acids is 1. The predicted octanol–water partition coefficient (Wildman–Crippen LogP) is 1.95. The lowest BCUT2D eigenvalue weighted by Gasteiger charge is -2.07. The van der Waals surface area contributed by atoms with E-state index in [1.165, 1.54) is 18.2 Å². The number of rotatable bonds is 5. The van der Waals surface area contributed by atoms with E-state index in [1.807, 2.05) is 14.0 Å². The third-order valence-electron chi connectivity index (χ3n) is 3.24. The highest BCUT2D eigenvalue weighted by Gasteiger charge is 2.20. The van der Waals surface area contributed by atoms with E-state index >= 15 is 0 Å². The molecule has 0 spiro atoms. The van der Waals surface area contributed by atoms with Crippen LogP contribution in [0.1, 0.15) is 21.6 Å². The van der Waals surface area contributed by atoms with E-state index in [-0.39, 0.29) is 5.56 Å². The molecule has 8 heteroatoms. The van der Waals surface area contributed by atoms with Gasteiger partial charge in [-0.25, -0.2) is 4.79 Å². The number of hydrogen-bond donors (Lipinski definition) is 2. The van der Waals surface area contributed by atoms with Gasteiger partial charge in [-0.1, -0.05) is 0 Å². The van der Waals surface area contributed by atoms with Gasteiger partial charge in [0.15, 0.2) is 0 Å². The van der Waals surface area contributed by atoms with Gasteiger partial charge < -0.3 is 10.4 Å². The molecule has 0 aliphatic carbocycles. The first-order chi connectivity index (χ1) is 9.90. The molecule has 0 bridgehead atoms. The van der Waals surface area contributed by atoms with Gasteiger partial charge >= 0.3 is 5.97 Å².